The lowest BCUT2D eigenvalue weighted by Crippen LogP contribution is -2.21. The van der Waals surface area contributed by atoms with Gasteiger partial charge in [-0.3, -0.25) is 4.98 Å². The highest BCUT2D eigenvalue weighted by molar-refractivity contribution is 6.31. The second kappa shape index (κ2) is 6.78. The SMILES string of the molecule is CN(CCc1ccccn1)c1cc(Cl)ccc1CCl. The molecule has 1 aromatic carbocycles. The molecule has 0 saturated heterocycles. The van der Waals surface area contributed by atoms with Crippen molar-refractivity contribution in [2.45, 2.75) is 12.3 Å². The fraction of sp³-hybridized carbons (Fsp3) is 0.267. The molecule has 2 rings (SSSR count). The van der Waals surface area contributed by atoms with E-state index in [0.29, 0.717) is 5.88 Å². The van der Waals surface area contributed by atoms with E-state index < -0.39 is 0 Å². The lowest BCUT2D eigenvalue weighted by atomic mass is 10.1. The van der Waals surface area contributed by atoms with Gasteiger partial charge in [-0.1, -0.05) is 23.7 Å². The van der Waals surface area contributed by atoms with E-state index in [0.717, 1.165) is 34.9 Å². The number of nitrogens with zero attached hydrogens (tertiary/aromatic N) is 2. The number of aromatic nitrogens is 1. The maximum absolute atomic E-state index is 6.05. The van der Waals surface area contributed by atoms with E-state index in [9.17, 15) is 0 Å². The van der Waals surface area contributed by atoms with E-state index in [1.807, 2.05) is 49.6 Å². The first-order valence-electron chi connectivity index (χ1n) is 6.16. The molecule has 0 aliphatic carbocycles. The van der Waals surface area contributed by atoms with Gasteiger partial charge in [-0.2, -0.15) is 0 Å². The Labute approximate surface area is 124 Å². The minimum Gasteiger partial charge on any atom is -0.374 e. The highest BCUT2D eigenvalue weighted by Gasteiger charge is 2.08. The zero-order valence-corrected chi connectivity index (χ0v) is 12.3. The third-order valence-corrected chi connectivity index (χ3v) is 3.56. The number of halogens is 2. The molecule has 2 nitrogen and oxygen atoms in total. The van der Waals surface area contributed by atoms with Crippen LogP contribution in [0.4, 0.5) is 5.69 Å². The van der Waals surface area contributed by atoms with E-state index in [1.54, 1.807) is 0 Å². The third-order valence-electron chi connectivity index (χ3n) is 3.03. The lowest BCUT2D eigenvalue weighted by molar-refractivity contribution is 0.849. The Morgan fingerprint density at radius 1 is 1.21 bits per heavy atom. The first-order valence-corrected chi connectivity index (χ1v) is 7.07. The molecule has 0 bridgehead atoms. The zero-order valence-electron chi connectivity index (χ0n) is 10.8. The van der Waals surface area contributed by atoms with Gasteiger partial charge in [0.05, 0.1) is 0 Å². The molecule has 2 aromatic rings. The van der Waals surface area contributed by atoms with Gasteiger partial charge in [0, 0.05) is 48.5 Å². The zero-order chi connectivity index (χ0) is 13.7. The smallest absolute Gasteiger partial charge is 0.0494 e. The van der Waals surface area contributed by atoms with Gasteiger partial charge in [-0.25, -0.2) is 0 Å². The average molecular weight is 295 g/mol. The largest absolute Gasteiger partial charge is 0.374 e. The van der Waals surface area contributed by atoms with Gasteiger partial charge in [0.15, 0.2) is 0 Å². The number of hydrogen-bond acceptors (Lipinski definition) is 2. The molecule has 0 saturated carbocycles. The standard InChI is InChI=1S/C15H16Cl2N2/c1-19(9-7-14-4-2-3-8-18-14)15-10-13(17)6-5-12(15)11-16/h2-6,8,10H,7,9,11H2,1H3. The van der Waals surface area contributed by atoms with Crippen LogP contribution in [0.2, 0.25) is 5.02 Å². The summed E-state index contributed by atoms with van der Waals surface area (Å²) in [5.41, 5.74) is 3.26. The Bertz CT molecular complexity index is 529. The Balaban J connectivity index is 2.07. The molecule has 100 valence electrons. The normalized spacial score (nSPS) is 10.5. The van der Waals surface area contributed by atoms with Crippen LogP contribution in [0.5, 0.6) is 0 Å². The summed E-state index contributed by atoms with van der Waals surface area (Å²) >= 11 is 12.0. The average Bonchev–Trinajstić information content (AvgIpc) is 2.46. The Kier molecular flexibility index (Phi) is 5.06. The first-order chi connectivity index (χ1) is 9.20. The van der Waals surface area contributed by atoms with Crippen LogP contribution in [0.3, 0.4) is 0 Å². The van der Waals surface area contributed by atoms with Gasteiger partial charge in [-0.05, 0) is 29.8 Å². The van der Waals surface area contributed by atoms with Crippen molar-refractivity contribution >= 4 is 28.9 Å². The topological polar surface area (TPSA) is 16.1 Å². The van der Waals surface area contributed by atoms with Gasteiger partial charge in [0.1, 0.15) is 0 Å². The summed E-state index contributed by atoms with van der Waals surface area (Å²) in [6, 6.07) is 11.8. The van der Waals surface area contributed by atoms with Crippen LogP contribution >= 0.6 is 23.2 Å². The number of hydrogen-bond donors (Lipinski definition) is 0. The molecule has 0 fully saturated rings. The molecule has 0 amide bonds. The molecule has 1 aromatic heterocycles. The molecule has 0 spiro atoms. The molecule has 0 N–H and O–H groups in total. The molecule has 0 atom stereocenters. The number of alkyl halides is 1. The highest BCUT2D eigenvalue weighted by atomic mass is 35.5. The number of pyridine rings is 1. The number of anilines is 1. The van der Waals surface area contributed by atoms with Crippen molar-refractivity contribution in [2.75, 3.05) is 18.5 Å². The van der Waals surface area contributed by atoms with Crippen LogP contribution in [0.15, 0.2) is 42.6 Å². The summed E-state index contributed by atoms with van der Waals surface area (Å²) in [5.74, 6) is 0.487. The maximum atomic E-state index is 6.05. The van der Waals surface area contributed by atoms with E-state index in [-0.39, 0.29) is 0 Å². The summed E-state index contributed by atoms with van der Waals surface area (Å²) in [6.45, 7) is 0.876. The van der Waals surface area contributed by atoms with Gasteiger partial charge in [0.25, 0.3) is 0 Å². The fourth-order valence-corrected chi connectivity index (χ4v) is 2.35. The van der Waals surface area contributed by atoms with Gasteiger partial charge in [0.2, 0.25) is 0 Å². The van der Waals surface area contributed by atoms with Crippen molar-refractivity contribution in [1.29, 1.82) is 0 Å². The summed E-state index contributed by atoms with van der Waals surface area (Å²) in [7, 11) is 2.05. The highest BCUT2D eigenvalue weighted by Crippen LogP contribution is 2.25. The summed E-state index contributed by atoms with van der Waals surface area (Å²) in [6.07, 6.45) is 2.71. The Hall–Kier alpha value is -1.25. The molecule has 0 unspecified atom stereocenters. The third kappa shape index (κ3) is 3.85. The van der Waals surface area contributed by atoms with Crippen molar-refractivity contribution in [2.24, 2.45) is 0 Å². The van der Waals surface area contributed by atoms with Crippen LogP contribution in [-0.4, -0.2) is 18.6 Å². The molecular weight excluding hydrogens is 279 g/mol. The van der Waals surface area contributed by atoms with Gasteiger partial charge < -0.3 is 4.90 Å². The maximum Gasteiger partial charge on any atom is 0.0494 e. The van der Waals surface area contributed by atoms with E-state index in [1.165, 1.54) is 0 Å². The Morgan fingerprint density at radius 2 is 2.05 bits per heavy atom. The molecule has 0 aliphatic heterocycles. The fourth-order valence-electron chi connectivity index (χ4n) is 1.95. The summed E-state index contributed by atoms with van der Waals surface area (Å²) < 4.78 is 0. The van der Waals surface area contributed by atoms with E-state index in [4.69, 9.17) is 23.2 Å². The number of rotatable bonds is 5. The van der Waals surface area contributed by atoms with Crippen LogP contribution < -0.4 is 4.90 Å². The van der Waals surface area contributed by atoms with E-state index in [2.05, 4.69) is 9.88 Å². The molecular formula is C15H16Cl2N2. The second-order valence-electron chi connectivity index (χ2n) is 4.40. The van der Waals surface area contributed by atoms with Crippen molar-refractivity contribution in [3.63, 3.8) is 0 Å². The van der Waals surface area contributed by atoms with Crippen LogP contribution in [0, 0.1) is 0 Å². The van der Waals surface area contributed by atoms with Crippen molar-refractivity contribution in [1.82, 2.24) is 4.98 Å². The number of likely N-dealkylation sites (N-methyl/N-ethyl adjacent to an activating group) is 1. The van der Waals surface area contributed by atoms with E-state index >= 15 is 0 Å². The quantitative estimate of drug-likeness (QED) is 0.770. The predicted molar refractivity (Wildman–Crippen MR) is 82.2 cm³/mol. The van der Waals surface area contributed by atoms with Gasteiger partial charge >= 0.3 is 0 Å². The summed E-state index contributed by atoms with van der Waals surface area (Å²) in [5, 5.41) is 0.730. The van der Waals surface area contributed by atoms with Crippen molar-refractivity contribution < 1.29 is 0 Å². The lowest BCUT2D eigenvalue weighted by Gasteiger charge is -2.22. The molecule has 19 heavy (non-hydrogen) atoms. The first kappa shape index (κ1) is 14.2. The molecule has 0 radical (unpaired) electrons. The monoisotopic (exact) mass is 294 g/mol. The van der Waals surface area contributed by atoms with Crippen molar-refractivity contribution in [3.05, 3.63) is 58.9 Å². The Morgan fingerprint density at radius 3 is 2.74 bits per heavy atom. The molecule has 1 heterocycles. The van der Waals surface area contributed by atoms with Crippen molar-refractivity contribution in [3.8, 4) is 0 Å². The second-order valence-corrected chi connectivity index (χ2v) is 5.10. The van der Waals surface area contributed by atoms with Crippen LogP contribution in [-0.2, 0) is 12.3 Å². The number of benzene rings is 1. The summed E-state index contributed by atoms with van der Waals surface area (Å²) in [4.78, 5) is 6.49. The minimum absolute atomic E-state index is 0.487. The van der Waals surface area contributed by atoms with Gasteiger partial charge in [-0.15, -0.1) is 11.6 Å². The predicted octanol–water partition coefficient (Wildman–Crippen LogP) is 4.15. The molecule has 4 heteroatoms. The minimum atomic E-state index is 0.487. The van der Waals surface area contributed by atoms with Crippen LogP contribution in [0.1, 0.15) is 11.3 Å². The molecule has 0 aliphatic rings. The van der Waals surface area contributed by atoms with Crippen LogP contribution in [0.25, 0.3) is 0 Å².